The van der Waals surface area contributed by atoms with E-state index in [1.165, 1.54) is 9.75 Å². The Hall–Kier alpha value is -1.47. The van der Waals surface area contributed by atoms with E-state index < -0.39 is 0 Å². The lowest BCUT2D eigenvalue weighted by Gasteiger charge is -2.03. The molecule has 0 aromatic carbocycles. The molecule has 0 spiro atoms. The molecule has 2 aromatic rings. The van der Waals surface area contributed by atoms with Crippen molar-refractivity contribution in [2.24, 2.45) is 12.1 Å². The normalized spacial score (nSPS) is 11.8. The van der Waals surface area contributed by atoms with Crippen molar-refractivity contribution >= 4 is 38.9 Å². The molecular weight excluding hydrogens is 352 g/mol. The predicted molar refractivity (Wildman–Crippen MR) is 89.1 cm³/mol. The lowest BCUT2D eigenvalue weighted by atomic mass is 10.2. The summed E-state index contributed by atoms with van der Waals surface area (Å²) in [6, 6.07) is 2.08. The molecule has 0 unspecified atom stereocenters. The third-order valence-electron chi connectivity index (χ3n) is 3.12. The van der Waals surface area contributed by atoms with Gasteiger partial charge in [-0.1, -0.05) is 0 Å². The van der Waals surface area contributed by atoms with Crippen LogP contribution in [0.25, 0.3) is 0 Å². The Bertz CT molecular complexity index is 730. The van der Waals surface area contributed by atoms with Crippen LogP contribution in [0.5, 0.6) is 0 Å². The summed E-state index contributed by atoms with van der Waals surface area (Å²) in [7, 11) is 1.73. The number of hydrogen-bond acceptors (Lipinski definition) is 4. The second-order valence-electron chi connectivity index (χ2n) is 4.84. The van der Waals surface area contributed by atoms with Crippen molar-refractivity contribution in [3.05, 3.63) is 37.2 Å². The zero-order valence-corrected chi connectivity index (χ0v) is 15.0. The van der Waals surface area contributed by atoms with E-state index in [9.17, 15) is 4.79 Å². The van der Waals surface area contributed by atoms with Crippen molar-refractivity contribution in [1.29, 1.82) is 0 Å². The highest BCUT2D eigenvalue weighted by atomic mass is 79.9. The van der Waals surface area contributed by atoms with Gasteiger partial charge in [0.25, 0.3) is 5.91 Å². The van der Waals surface area contributed by atoms with Gasteiger partial charge in [-0.05, 0) is 49.7 Å². The van der Waals surface area contributed by atoms with Crippen molar-refractivity contribution in [3.63, 3.8) is 0 Å². The second-order valence-corrected chi connectivity index (χ2v) is 7.09. The third kappa shape index (κ3) is 3.24. The number of hydrogen-bond donors (Lipinski definition) is 1. The number of hydrazone groups is 1. The first-order chi connectivity index (χ1) is 9.81. The predicted octanol–water partition coefficient (Wildman–Crippen LogP) is 3.32. The Morgan fingerprint density at radius 3 is 2.57 bits per heavy atom. The van der Waals surface area contributed by atoms with Gasteiger partial charge in [-0.25, -0.2) is 5.43 Å². The van der Waals surface area contributed by atoms with Gasteiger partial charge in [0.15, 0.2) is 0 Å². The van der Waals surface area contributed by atoms with Gasteiger partial charge in [-0.3, -0.25) is 9.48 Å². The maximum absolute atomic E-state index is 12.2. The molecule has 5 nitrogen and oxygen atoms in total. The molecule has 1 N–H and O–H groups in total. The first kappa shape index (κ1) is 15.9. The molecule has 112 valence electrons. The van der Waals surface area contributed by atoms with Crippen LogP contribution in [0.4, 0.5) is 0 Å². The van der Waals surface area contributed by atoms with Gasteiger partial charge in [-0.2, -0.15) is 10.2 Å². The highest BCUT2D eigenvalue weighted by Crippen LogP contribution is 2.22. The molecule has 0 aliphatic rings. The van der Waals surface area contributed by atoms with E-state index in [-0.39, 0.29) is 5.91 Å². The second kappa shape index (κ2) is 6.11. The van der Waals surface area contributed by atoms with E-state index in [0.717, 1.165) is 17.0 Å². The van der Waals surface area contributed by atoms with Crippen LogP contribution in [-0.4, -0.2) is 21.4 Å². The number of nitrogens with zero attached hydrogens (tertiary/aromatic N) is 3. The number of amides is 1. The number of aryl methyl sites for hydroxylation is 4. The SMILES string of the molecule is C/C(=N\NC(=O)c1c(Br)c(C)nn1C)c1cc(C)sc1C. The molecule has 0 aliphatic heterocycles. The van der Waals surface area contributed by atoms with Crippen molar-refractivity contribution < 1.29 is 4.79 Å². The minimum absolute atomic E-state index is 0.283. The number of carbonyl (C=O) groups excluding carboxylic acids is 1. The lowest BCUT2D eigenvalue weighted by Crippen LogP contribution is -2.22. The standard InChI is InChI=1S/C14H17BrN4OS/c1-7-6-11(10(4)21-7)8(2)16-17-14(20)13-12(15)9(3)18-19(13)5/h6H,1-5H3,(H,17,20)/b16-8+. The number of halogens is 1. The average Bonchev–Trinajstić information content (AvgIpc) is 2.86. The first-order valence-corrected chi connectivity index (χ1v) is 8.03. The van der Waals surface area contributed by atoms with Crippen LogP contribution in [0.3, 0.4) is 0 Å². The summed E-state index contributed by atoms with van der Waals surface area (Å²) >= 11 is 5.10. The monoisotopic (exact) mass is 368 g/mol. The van der Waals surface area contributed by atoms with Crippen LogP contribution < -0.4 is 5.43 Å². The largest absolute Gasteiger partial charge is 0.290 e. The summed E-state index contributed by atoms with van der Waals surface area (Å²) in [5.74, 6) is -0.283. The quantitative estimate of drug-likeness (QED) is 0.667. The van der Waals surface area contributed by atoms with Crippen LogP contribution in [0.15, 0.2) is 15.6 Å². The Labute approximate surface area is 136 Å². The van der Waals surface area contributed by atoms with E-state index in [1.54, 1.807) is 23.1 Å². The fourth-order valence-corrected chi connectivity index (χ4v) is 3.61. The molecule has 0 radical (unpaired) electrons. The Morgan fingerprint density at radius 2 is 2.10 bits per heavy atom. The molecular formula is C14H17BrN4OS. The maximum atomic E-state index is 12.2. The maximum Gasteiger partial charge on any atom is 0.290 e. The topological polar surface area (TPSA) is 59.3 Å². The highest BCUT2D eigenvalue weighted by Gasteiger charge is 2.18. The molecule has 0 saturated heterocycles. The van der Waals surface area contributed by atoms with Crippen LogP contribution in [0.2, 0.25) is 0 Å². The highest BCUT2D eigenvalue weighted by molar-refractivity contribution is 9.10. The molecule has 2 aromatic heterocycles. The van der Waals surface area contributed by atoms with Crippen molar-refractivity contribution in [1.82, 2.24) is 15.2 Å². The molecule has 2 heterocycles. The molecule has 0 atom stereocenters. The summed E-state index contributed by atoms with van der Waals surface area (Å²) in [6.45, 7) is 7.84. The minimum Gasteiger partial charge on any atom is -0.266 e. The van der Waals surface area contributed by atoms with Gasteiger partial charge in [0.2, 0.25) is 0 Å². The Morgan fingerprint density at radius 1 is 1.43 bits per heavy atom. The van der Waals surface area contributed by atoms with Gasteiger partial charge >= 0.3 is 0 Å². The van der Waals surface area contributed by atoms with E-state index in [0.29, 0.717) is 10.2 Å². The number of aromatic nitrogens is 2. The summed E-state index contributed by atoms with van der Waals surface area (Å²) in [5, 5.41) is 8.39. The fourth-order valence-electron chi connectivity index (χ4n) is 2.12. The number of rotatable bonds is 3. The molecule has 21 heavy (non-hydrogen) atoms. The number of nitrogens with one attached hydrogen (secondary N) is 1. The summed E-state index contributed by atoms with van der Waals surface area (Å²) in [4.78, 5) is 14.6. The molecule has 0 saturated carbocycles. The lowest BCUT2D eigenvalue weighted by molar-refractivity contribution is 0.0944. The molecule has 0 aliphatic carbocycles. The fraction of sp³-hybridized carbons (Fsp3) is 0.357. The van der Waals surface area contributed by atoms with Crippen LogP contribution in [-0.2, 0) is 7.05 Å². The Balaban J connectivity index is 2.20. The van der Waals surface area contributed by atoms with Gasteiger partial charge in [-0.15, -0.1) is 11.3 Å². The van der Waals surface area contributed by atoms with Crippen LogP contribution in [0.1, 0.15) is 38.4 Å². The van der Waals surface area contributed by atoms with E-state index in [1.807, 2.05) is 13.8 Å². The van der Waals surface area contributed by atoms with Gasteiger partial charge in [0.1, 0.15) is 5.69 Å². The van der Waals surface area contributed by atoms with E-state index >= 15 is 0 Å². The first-order valence-electron chi connectivity index (χ1n) is 6.42. The van der Waals surface area contributed by atoms with Gasteiger partial charge in [0, 0.05) is 22.4 Å². The molecule has 7 heteroatoms. The van der Waals surface area contributed by atoms with Crippen molar-refractivity contribution in [2.75, 3.05) is 0 Å². The van der Waals surface area contributed by atoms with E-state index in [2.05, 4.69) is 51.5 Å². The third-order valence-corrected chi connectivity index (χ3v) is 5.04. The average molecular weight is 369 g/mol. The van der Waals surface area contributed by atoms with E-state index in [4.69, 9.17) is 0 Å². The summed E-state index contributed by atoms with van der Waals surface area (Å²) < 4.78 is 2.23. The van der Waals surface area contributed by atoms with Gasteiger partial charge in [0.05, 0.1) is 15.9 Å². The molecule has 0 fully saturated rings. The van der Waals surface area contributed by atoms with Gasteiger partial charge < -0.3 is 0 Å². The number of thiophene rings is 1. The smallest absolute Gasteiger partial charge is 0.266 e. The van der Waals surface area contributed by atoms with Crippen molar-refractivity contribution in [3.8, 4) is 0 Å². The zero-order valence-electron chi connectivity index (χ0n) is 12.6. The minimum atomic E-state index is -0.283. The Kier molecular flexibility index (Phi) is 4.63. The molecule has 0 bridgehead atoms. The summed E-state index contributed by atoms with van der Waals surface area (Å²) in [5.41, 5.74) is 5.68. The van der Waals surface area contributed by atoms with Crippen LogP contribution >= 0.6 is 27.3 Å². The molecule has 1 amide bonds. The van der Waals surface area contributed by atoms with Crippen LogP contribution in [0, 0.1) is 20.8 Å². The summed E-state index contributed by atoms with van der Waals surface area (Å²) in [6.07, 6.45) is 0. The number of carbonyl (C=O) groups is 1. The van der Waals surface area contributed by atoms with Crippen molar-refractivity contribution in [2.45, 2.75) is 27.7 Å². The zero-order chi connectivity index (χ0) is 15.7. The molecule has 2 rings (SSSR count).